The fourth-order valence-electron chi connectivity index (χ4n) is 4.63. The number of amides is 1. The Morgan fingerprint density at radius 2 is 1.84 bits per heavy atom. The van der Waals surface area contributed by atoms with Crippen LogP contribution < -0.4 is 11.1 Å². The number of nitrogens with two attached hydrogens (primary N) is 1. The van der Waals surface area contributed by atoms with Crippen LogP contribution in [0.1, 0.15) is 42.2 Å². The van der Waals surface area contributed by atoms with Crippen molar-refractivity contribution in [2.45, 2.75) is 44.6 Å². The van der Waals surface area contributed by atoms with E-state index in [4.69, 9.17) is 5.73 Å². The molecule has 5 rings (SSSR count). The SMILES string of the molecule is CC(C)NC(=O)c1ccc2ccc(-c3nnc4ccc([C@@H](N5CCC(N)C5)C(F)(F)F)cn34)nc2c1.Cl.Cl. The van der Waals surface area contributed by atoms with Crippen molar-refractivity contribution in [3.63, 3.8) is 0 Å². The van der Waals surface area contributed by atoms with E-state index in [1.807, 2.05) is 19.9 Å². The number of carbonyl (C=O) groups is 1. The van der Waals surface area contributed by atoms with Crippen LogP contribution in [0.15, 0.2) is 48.7 Å². The van der Waals surface area contributed by atoms with Gasteiger partial charge in [0.1, 0.15) is 11.7 Å². The predicted molar refractivity (Wildman–Crippen MR) is 144 cm³/mol. The molecule has 4 heterocycles. The summed E-state index contributed by atoms with van der Waals surface area (Å²) >= 11 is 0. The maximum Gasteiger partial charge on any atom is 0.408 e. The maximum absolute atomic E-state index is 14.1. The van der Waals surface area contributed by atoms with Crippen LogP contribution in [0, 0.1) is 0 Å². The molecule has 1 amide bonds. The van der Waals surface area contributed by atoms with Crippen molar-refractivity contribution in [1.82, 2.24) is 29.8 Å². The van der Waals surface area contributed by atoms with Crippen LogP contribution in [0.3, 0.4) is 0 Å². The van der Waals surface area contributed by atoms with Gasteiger partial charge in [0.15, 0.2) is 11.5 Å². The topological polar surface area (TPSA) is 101 Å². The van der Waals surface area contributed by atoms with Crippen molar-refractivity contribution >= 4 is 47.3 Å². The summed E-state index contributed by atoms with van der Waals surface area (Å²) in [5.74, 6) is 0.0985. The molecule has 1 saturated heterocycles. The van der Waals surface area contributed by atoms with E-state index in [9.17, 15) is 18.0 Å². The van der Waals surface area contributed by atoms with Crippen molar-refractivity contribution in [3.05, 3.63) is 59.8 Å². The molecule has 3 aromatic heterocycles. The van der Waals surface area contributed by atoms with Gasteiger partial charge in [0, 0.05) is 42.3 Å². The van der Waals surface area contributed by atoms with Crippen molar-refractivity contribution in [3.8, 4) is 11.5 Å². The summed E-state index contributed by atoms with van der Waals surface area (Å²) in [6, 6.07) is 9.66. The number of benzene rings is 1. The molecule has 1 aromatic carbocycles. The highest BCUT2D eigenvalue weighted by molar-refractivity contribution is 5.98. The van der Waals surface area contributed by atoms with E-state index in [0.29, 0.717) is 34.7 Å². The Balaban J connectivity index is 0.00000200. The third kappa shape index (κ3) is 5.85. The van der Waals surface area contributed by atoms with Gasteiger partial charge >= 0.3 is 6.18 Å². The summed E-state index contributed by atoms with van der Waals surface area (Å²) < 4.78 is 43.9. The van der Waals surface area contributed by atoms with Gasteiger partial charge in [-0.3, -0.25) is 14.1 Å². The number of rotatable bonds is 5. The molecule has 3 N–H and O–H groups in total. The molecule has 1 aliphatic heterocycles. The van der Waals surface area contributed by atoms with Crippen LogP contribution in [0.2, 0.25) is 0 Å². The highest BCUT2D eigenvalue weighted by Gasteiger charge is 2.46. The Bertz CT molecular complexity index is 1440. The average molecular weight is 570 g/mol. The van der Waals surface area contributed by atoms with Gasteiger partial charge in [0.2, 0.25) is 0 Å². The number of likely N-dealkylation sites (tertiary alicyclic amines) is 1. The van der Waals surface area contributed by atoms with Crippen molar-refractivity contribution in [2.24, 2.45) is 5.73 Å². The Hall–Kier alpha value is -2.99. The number of alkyl halides is 3. The first kappa shape index (κ1) is 29.6. The molecule has 1 fully saturated rings. The number of hydrogen-bond acceptors (Lipinski definition) is 6. The largest absolute Gasteiger partial charge is 0.408 e. The molecule has 0 spiro atoms. The lowest BCUT2D eigenvalue weighted by atomic mass is 10.1. The van der Waals surface area contributed by atoms with Crippen LogP contribution in [0.5, 0.6) is 0 Å². The molecular formula is C25H28Cl2F3N7O. The van der Waals surface area contributed by atoms with E-state index in [1.54, 1.807) is 24.3 Å². The van der Waals surface area contributed by atoms with E-state index in [2.05, 4.69) is 20.5 Å². The highest BCUT2D eigenvalue weighted by atomic mass is 35.5. The second kappa shape index (κ2) is 11.4. The molecule has 2 atom stereocenters. The average Bonchev–Trinajstić information content (AvgIpc) is 3.43. The van der Waals surface area contributed by atoms with Gasteiger partial charge in [0.25, 0.3) is 5.91 Å². The van der Waals surface area contributed by atoms with Crippen LogP contribution >= 0.6 is 24.8 Å². The molecule has 38 heavy (non-hydrogen) atoms. The van der Waals surface area contributed by atoms with Crippen LogP contribution in [0.25, 0.3) is 28.1 Å². The smallest absolute Gasteiger partial charge is 0.350 e. The second-order valence-corrected chi connectivity index (χ2v) is 9.43. The fraction of sp³-hybridized carbons (Fsp3) is 0.360. The fourth-order valence-corrected chi connectivity index (χ4v) is 4.63. The first-order chi connectivity index (χ1) is 17.1. The predicted octanol–water partition coefficient (Wildman–Crippen LogP) is 4.56. The molecule has 4 aromatic rings. The van der Waals surface area contributed by atoms with Crippen molar-refractivity contribution < 1.29 is 18.0 Å². The van der Waals surface area contributed by atoms with Gasteiger partial charge in [-0.25, -0.2) is 4.98 Å². The Morgan fingerprint density at radius 1 is 1.11 bits per heavy atom. The number of fused-ring (bicyclic) bond motifs is 2. The molecule has 1 aliphatic rings. The van der Waals surface area contributed by atoms with Gasteiger partial charge in [-0.15, -0.1) is 35.0 Å². The molecule has 1 unspecified atom stereocenters. The van der Waals surface area contributed by atoms with Crippen LogP contribution in [-0.2, 0) is 0 Å². The minimum Gasteiger partial charge on any atom is -0.350 e. The lowest BCUT2D eigenvalue weighted by molar-refractivity contribution is -0.183. The normalized spacial score (nSPS) is 16.9. The van der Waals surface area contributed by atoms with Crippen LogP contribution in [-0.4, -0.2) is 61.7 Å². The summed E-state index contributed by atoms with van der Waals surface area (Å²) in [5, 5.41) is 12.0. The summed E-state index contributed by atoms with van der Waals surface area (Å²) in [6.45, 7) is 4.20. The molecule has 13 heteroatoms. The molecule has 0 aliphatic carbocycles. The molecular weight excluding hydrogens is 542 g/mol. The number of hydrogen-bond donors (Lipinski definition) is 2. The molecule has 0 saturated carbocycles. The van der Waals surface area contributed by atoms with E-state index in [0.717, 1.165) is 5.39 Å². The van der Waals surface area contributed by atoms with Crippen molar-refractivity contribution in [1.29, 1.82) is 0 Å². The summed E-state index contributed by atoms with van der Waals surface area (Å²) in [5.41, 5.74) is 7.83. The standard InChI is InChI=1S/C25H26F3N7O.2ClH/c1-14(2)30-24(36)16-4-3-15-5-7-19(31-20(15)11-16)23-33-32-21-8-6-17(12-35(21)23)22(25(26,27)28)34-10-9-18(29)13-34;;/h3-8,11-12,14,18,22H,9-10,13,29H2,1-2H3,(H,30,36);2*1H/t18?,22-;;/m1../s1. The summed E-state index contributed by atoms with van der Waals surface area (Å²) in [4.78, 5) is 18.4. The number of nitrogens with zero attached hydrogens (tertiary/aromatic N) is 5. The molecule has 8 nitrogen and oxygen atoms in total. The number of aromatic nitrogens is 4. The van der Waals surface area contributed by atoms with Gasteiger partial charge in [0.05, 0.1) is 5.52 Å². The van der Waals surface area contributed by atoms with Gasteiger partial charge in [-0.05, 0) is 50.1 Å². The third-order valence-corrected chi connectivity index (χ3v) is 6.28. The Labute approximate surface area is 229 Å². The summed E-state index contributed by atoms with van der Waals surface area (Å²) in [7, 11) is 0. The lowest BCUT2D eigenvalue weighted by Crippen LogP contribution is -2.38. The number of pyridine rings is 2. The number of nitrogens with one attached hydrogen (secondary N) is 1. The third-order valence-electron chi connectivity index (χ3n) is 6.28. The van der Waals surface area contributed by atoms with Gasteiger partial charge < -0.3 is 11.1 Å². The highest BCUT2D eigenvalue weighted by Crippen LogP contribution is 2.39. The van der Waals surface area contributed by atoms with E-state index >= 15 is 0 Å². The van der Waals surface area contributed by atoms with E-state index in [-0.39, 0.29) is 61.5 Å². The monoisotopic (exact) mass is 569 g/mol. The molecule has 0 bridgehead atoms. The number of carbonyl (C=O) groups excluding carboxylic acids is 1. The second-order valence-electron chi connectivity index (χ2n) is 9.43. The zero-order valence-electron chi connectivity index (χ0n) is 20.6. The minimum atomic E-state index is -4.47. The minimum absolute atomic E-state index is 0. The van der Waals surface area contributed by atoms with E-state index < -0.39 is 12.2 Å². The van der Waals surface area contributed by atoms with Gasteiger partial charge in [-0.2, -0.15) is 13.2 Å². The zero-order valence-corrected chi connectivity index (χ0v) is 22.3. The number of halogens is 5. The first-order valence-electron chi connectivity index (χ1n) is 11.7. The lowest BCUT2D eigenvalue weighted by Gasteiger charge is -2.30. The quantitative estimate of drug-likeness (QED) is 0.365. The zero-order chi connectivity index (χ0) is 25.6. The molecule has 0 radical (unpaired) electrons. The van der Waals surface area contributed by atoms with E-state index in [1.165, 1.54) is 27.6 Å². The molecule has 204 valence electrons. The van der Waals surface area contributed by atoms with Crippen molar-refractivity contribution in [2.75, 3.05) is 13.1 Å². The maximum atomic E-state index is 14.1. The Kier molecular flexibility index (Phi) is 8.87. The first-order valence-corrected chi connectivity index (χ1v) is 11.7. The van der Waals surface area contributed by atoms with Crippen LogP contribution in [0.4, 0.5) is 13.2 Å². The van der Waals surface area contributed by atoms with Gasteiger partial charge in [-0.1, -0.05) is 18.2 Å². The Morgan fingerprint density at radius 3 is 2.50 bits per heavy atom. The summed E-state index contributed by atoms with van der Waals surface area (Å²) in [6.07, 6.45) is -2.53.